The minimum absolute atomic E-state index is 0.0902. The molecule has 9 nitrogen and oxygen atoms in total. The van der Waals surface area contributed by atoms with Crippen LogP contribution >= 0.6 is 0 Å². The molecule has 3 aromatic carbocycles. The van der Waals surface area contributed by atoms with E-state index in [0.29, 0.717) is 0 Å². The van der Waals surface area contributed by atoms with Crippen molar-refractivity contribution in [3.05, 3.63) is 93.5 Å². The van der Waals surface area contributed by atoms with E-state index in [0.717, 1.165) is 28.3 Å². The zero-order valence-corrected chi connectivity index (χ0v) is 18.4. The van der Waals surface area contributed by atoms with Gasteiger partial charge in [-0.3, -0.25) is 10.1 Å². The number of hydrogen-bond donors (Lipinski definition) is 3. The molecule has 0 aliphatic heterocycles. The molecule has 3 aromatic rings. The number of carbonyl (C=O) groups is 1. The number of fused-ring (bicyclic) bond motifs is 3. The Morgan fingerprint density at radius 3 is 2.26 bits per heavy atom. The van der Waals surface area contributed by atoms with E-state index >= 15 is 0 Å². The van der Waals surface area contributed by atoms with Crippen molar-refractivity contribution in [3.8, 4) is 16.9 Å². The summed E-state index contributed by atoms with van der Waals surface area (Å²) >= 11 is 0. The molecule has 1 aliphatic carbocycles. The van der Waals surface area contributed by atoms with Crippen LogP contribution in [0.15, 0.2) is 66.7 Å². The molecule has 0 saturated carbocycles. The lowest BCUT2D eigenvalue weighted by Crippen LogP contribution is -2.36. The van der Waals surface area contributed by atoms with Gasteiger partial charge >= 0.3 is 6.09 Å². The first-order chi connectivity index (χ1) is 16.4. The third-order valence-corrected chi connectivity index (χ3v) is 5.92. The van der Waals surface area contributed by atoms with Gasteiger partial charge in [0.1, 0.15) is 24.6 Å². The highest BCUT2D eigenvalue weighted by Gasteiger charge is 2.30. The van der Waals surface area contributed by atoms with Crippen LogP contribution in [0.25, 0.3) is 11.1 Å². The van der Waals surface area contributed by atoms with Crippen LogP contribution in [-0.4, -0.2) is 47.6 Å². The number of ether oxygens (including phenoxy) is 2. The van der Waals surface area contributed by atoms with Gasteiger partial charge in [0.15, 0.2) is 0 Å². The molecule has 2 atom stereocenters. The van der Waals surface area contributed by atoms with Gasteiger partial charge in [-0.15, -0.1) is 0 Å². The van der Waals surface area contributed by atoms with E-state index in [2.05, 4.69) is 5.32 Å². The number of nitro groups is 1. The number of aliphatic hydroxyl groups excluding tert-OH is 2. The first kappa shape index (κ1) is 23.2. The Kier molecular flexibility index (Phi) is 6.76. The second kappa shape index (κ2) is 9.90. The lowest BCUT2D eigenvalue weighted by atomic mass is 9.98. The molecule has 1 aliphatic rings. The lowest BCUT2D eigenvalue weighted by molar-refractivity contribution is -0.386. The summed E-state index contributed by atoms with van der Waals surface area (Å²) in [5, 5.41) is 34.5. The fourth-order valence-electron chi connectivity index (χ4n) is 4.21. The molecule has 1 amide bonds. The van der Waals surface area contributed by atoms with Crippen molar-refractivity contribution in [2.45, 2.75) is 18.1 Å². The highest BCUT2D eigenvalue weighted by Crippen LogP contribution is 2.44. The second-order valence-corrected chi connectivity index (χ2v) is 7.90. The molecule has 0 heterocycles. The summed E-state index contributed by atoms with van der Waals surface area (Å²) in [6, 6.07) is 19.8. The average molecular weight is 464 g/mol. The third-order valence-electron chi connectivity index (χ3n) is 5.92. The van der Waals surface area contributed by atoms with E-state index in [1.165, 1.54) is 19.2 Å². The van der Waals surface area contributed by atoms with Gasteiger partial charge in [-0.1, -0.05) is 48.5 Å². The van der Waals surface area contributed by atoms with E-state index < -0.39 is 28.9 Å². The summed E-state index contributed by atoms with van der Waals surface area (Å²) < 4.78 is 10.4. The molecule has 0 radical (unpaired) electrons. The SMILES string of the molecule is COc1ccc(C(O)C(O)CNC(=O)OCC2c3ccccc3-c3ccccc32)c([N+](=O)[O-])c1. The quantitative estimate of drug-likeness (QED) is 0.343. The predicted molar refractivity (Wildman–Crippen MR) is 124 cm³/mol. The van der Waals surface area contributed by atoms with Gasteiger partial charge in [0.2, 0.25) is 0 Å². The number of aliphatic hydroxyl groups is 2. The highest BCUT2D eigenvalue weighted by atomic mass is 16.6. The number of hydrogen-bond acceptors (Lipinski definition) is 7. The minimum Gasteiger partial charge on any atom is -0.497 e. The molecular weight excluding hydrogens is 440 g/mol. The van der Waals surface area contributed by atoms with Crippen LogP contribution in [0.2, 0.25) is 0 Å². The Morgan fingerprint density at radius 2 is 1.68 bits per heavy atom. The first-order valence-corrected chi connectivity index (χ1v) is 10.7. The van der Waals surface area contributed by atoms with Crippen molar-refractivity contribution in [2.75, 3.05) is 20.3 Å². The summed E-state index contributed by atoms with van der Waals surface area (Å²) in [5.41, 5.74) is 3.86. The molecule has 3 N–H and O–H groups in total. The van der Waals surface area contributed by atoms with Crippen LogP contribution in [0, 0.1) is 10.1 Å². The number of alkyl carbamates (subject to hydrolysis) is 1. The lowest BCUT2D eigenvalue weighted by Gasteiger charge is -2.19. The first-order valence-electron chi connectivity index (χ1n) is 10.7. The van der Waals surface area contributed by atoms with Crippen molar-refractivity contribution in [1.82, 2.24) is 5.32 Å². The van der Waals surface area contributed by atoms with Crippen LogP contribution in [0.3, 0.4) is 0 Å². The summed E-state index contributed by atoms with van der Waals surface area (Å²) in [7, 11) is 1.36. The number of amides is 1. The summed E-state index contributed by atoms with van der Waals surface area (Å²) in [6.45, 7) is -0.260. The van der Waals surface area contributed by atoms with Crippen LogP contribution in [0.4, 0.5) is 10.5 Å². The maximum absolute atomic E-state index is 12.3. The predicted octanol–water partition coefficient (Wildman–Crippen LogP) is 3.54. The van der Waals surface area contributed by atoms with Gasteiger partial charge in [-0.2, -0.15) is 0 Å². The maximum atomic E-state index is 12.3. The van der Waals surface area contributed by atoms with Crippen LogP contribution in [0.5, 0.6) is 5.75 Å². The van der Waals surface area contributed by atoms with Crippen molar-refractivity contribution in [2.24, 2.45) is 0 Å². The molecule has 0 fully saturated rings. The Labute approximate surface area is 195 Å². The van der Waals surface area contributed by atoms with Gasteiger partial charge in [0, 0.05) is 12.5 Å². The third kappa shape index (κ3) is 4.57. The van der Waals surface area contributed by atoms with Crippen molar-refractivity contribution < 1.29 is 29.4 Å². The normalized spacial score (nSPS) is 14.0. The zero-order valence-electron chi connectivity index (χ0n) is 18.4. The molecule has 0 spiro atoms. The minimum atomic E-state index is -1.60. The standard InChI is InChI=1S/C25H24N2O7/c1-33-15-10-11-20(22(12-15)27(31)32)24(29)23(28)13-26-25(30)34-14-21-18-8-4-2-6-16(18)17-7-3-5-9-19(17)21/h2-12,21,23-24,28-29H,13-14H2,1H3,(H,26,30). The zero-order chi connectivity index (χ0) is 24.2. The van der Waals surface area contributed by atoms with Gasteiger partial charge in [-0.25, -0.2) is 4.79 Å². The molecule has 176 valence electrons. The topological polar surface area (TPSA) is 131 Å². The van der Waals surface area contributed by atoms with Gasteiger partial charge in [0.05, 0.1) is 23.7 Å². The Bertz CT molecular complexity index is 1170. The van der Waals surface area contributed by atoms with Gasteiger partial charge in [0.25, 0.3) is 5.69 Å². The molecule has 34 heavy (non-hydrogen) atoms. The van der Waals surface area contributed by atoms with E-state index in [4.69, 9.17) is 9.47 Å². The largest absolute Gasteiger partial charge is 0.497 e. The van der Waals surface area contributed by atoms with Crippen molar-refractivity contribution >= 4 is 11.8 Å². The molecule has 9 heteroatoms. The number of carbonyl (C=O) groups excluding carboxylic acids is 1. The smallest absolute Gasteiger partial charge is 0.407 e. The average Bonchev–Trinajstić information content (AvgIpc) is 3.18. The van der Waals surface area contributed by atoms with E-state index in [9.17, 15) is 25.1 Å². The number of nitrogens with one attached hydrogen (secondary N) is 1. The maximum Gasteiger partial charge on any atom is 0.407 e. The Balaban J connectivity index is 1.36. The van der Waals surface area contributed by atoms with Crippen molar-refractivity contribution in [3.63, 3.8) is 0 Å². The summed E-state index contributed by atoms with van der Waals surface area (Å²) in [4.78, 5) is 23.0. The number of nitrogens with zero attached hydrogens (tertiary/aromatic N) is 1. The van der Waals surface area contributed by atoms with Crippen LogP contribution in [-0.2, 0) is 4.74 Å². The fourth-order valence-corrected chi connectivity index (χ4v) is 4.21. The Morgan fingerprint density at radius 1 is 1.06 bits per heavy atom. The molecule has 4 rings (SSSR count). The van der Waals surface area contributed by atoms with Crippen molar-refractivity contribution in [1.29, 1.82) is 0 Å². The van der Waals surface area contributed by atoms with Gasteiger partial charge < -0.3 is 25.0 Å². The number of methoxy groups -OCH3 is 1. The number of benzene rings is 3. The number of nitro benzene ring substituents is 1. The molecule has 0 aromatic heterocycles. The number of rotatable bonds is 8. The summed E-state index contributed by atoms with van der Waals surface area (Å²) in [6.07, 6.45) is -3.86. The fraction of sp³-hybridized carbons (Fsp3) is 0.240. The Hall–Kier alpha value is -3.95. The van der Waals surface area contributed by atoms with E-state index in [1.54, 1.807) is 0 Å². The van der Waals surface area contributed by atoms with Gasteiger partial charge in [-0.05, 0) is 34.4 Å². The molecule has 2 unspecified atom stereocenters. The van der Waals surface area contributed by atoms with E-state index in [-0.39, 0.29) is 30.4 Å². The highest BCUT2D eigenvalue weighted by molar-refractivity contribution is 5.79. The van der Waals surface area contributed by atoms with Crippen LogP contribution < -0.4 is 10.1 Å². The molecule has 0 bridgehead atoms. The van der Waals surface area contributed by atoms with E-state index in [1.807, 2.05) is 48.5 Å². The summed E-state index contributed by atoms with van der Waals surface area (Å²) in [5.74, 6) is 0.129. The molecular formula is C25H24N2O7. The van der Waals surface area contributed by atoms with Crippen LogP contribution in [0.1, 0.15) is 28.7 Å². The molecule has 0 saturated heterocycles. The second-order valence-electron chi connectivity index (χ2n) is 7.90. The monoisotopic (exact) mass is 464 g/mol.